The van der Waals surface area contributed by atoms with E-state index in [0.29, 0.717) is 25.4 Å². The van der Waals surface area contributed by atoms with Gasteiger partial charge in [-0.15, -0.1) is 0 Å². The van der Waals surface area contributed by atoms with Gasteiger partial charge in [-0.2, -0.15) is 0 Å². The van der Waals surface area contributed by atoms with Crippen molar-refractivity contribution in [2.45, 2.75) is 25.7 Å². The molecule has 2 amide bonds. The molecule has 2 aromatic rings. The molecule has 2 saturated heterocycles. The molecule has 6 nitrogen and oxygen atoms in total. The fraction of sp³-hybridized carbons (Fsp3) is 0.440. The Balaban J connectivity index is 1.19. The average Bonchev–Trinajstić information content (AvgIpc) is 2.84. The highest BCUT2D eigenvalue weighted by atomic mass is 19.1. The summed E-state index contributed by atoms with van der Waals surface area (Å²) in [6, 6.07) is 14.0. The summed E-state index contributed by atoms with van der Waals surface area (Å²) in [7, 11) is 0. The maximum Gasteiger partial charge on any atom is 0.256 e. The largest absolute Gasteiger partial charge is 0.378 e. The number of piperidine rings is 1. The minimum atomic E-state index is -0.478. The lowest BCUT2D eigenvalue weighted by molar-refractivity contribution is -0.116. The first-order chi connectivity index (χ1) is 15.6. The third kappa shape index (κ3) is 5.65. The summed E-state index contributed by atoms with van der Waals surface area (Å²) in [6.45, 7) is 4.46. The number of rotatable bonds is 6. The van der Waals surface area contributed by atoms with Gasteiger partial charge in [0.25, 0.3) is 5.91 Å². The van der Waals surface area contributed by atoms with Crippen molar-refractivity contribution in [3.8, 4) is 0 Å². The predicted molar refractivity (Wildman–Crippen MR) is 122 cm³/mol. The van der Waals surface area contributed by atoms with E-state index in [1.807, 2.05) is 24.3 Å². The molecule has 2 aliphatic rings. The van der Waals surface area contributed by atoms with Crippen molar-refractivity contribution >= 4 is 23.2 Å². The third-order valence-corrected chi connectivity index (χ3v) is 6.31. The van der Waals surface area contributed by atoms with Crippen LogP contribution in [0.2, 0.25) is 0 Å². The Morgan fingerprint density at radius 2 is 1.66 bits per heavy atom. The molecule has 4 rings (SSSR count). The summed E-state index contributed by atoms with van der Waals surface area (Å²) in [5, 5.41) is 2.98. The van der Waals surface area contributed by atoms with Crippen LogP contribution in [0.15, 0.2) is 48.5 Å². The summed E-state index contributed by atoms with van der Waals surface area (Å²) in [5.41, 5.74) is 2.07. The number of ether oxygens (including phenoxy) is 1. The molecule has 0 atom stereocenters. The lowest BCUT2D eigenvalue weighted by Gasteiger charge is -2.32. The second kappa shape index (κ2) is 10.6. The van der Waals surface area contributed by atoms with Crippen molar-refractivity contribution in [3.63, 3.8) is 0 Å². The van der Waals surface area contributed by atoms with Crippen molar-refractivity contribution in [2.75, 3.05) is 49.6 Å². The molecule has 1 N–H and O–H groups in total. The van der Waals surface area contributed by atoms with E-state index >= 15 is 0 Å². The maximum absolute atomic E-state index is 13.9. The van der Waals surface area contributed by atoms with Gasteiger partial charge in [0, 0.05) is 44.0 Å². The topological polar surface area (TPSA) is 61.9 Å². The quantitative estimate of drug-likeness (QED) is 0.741. The van der Waals surface area contributed by atoms with Crippen molar-refractivity contribution in [2.24, 2.45) is 5.92 Å². The number of hydrogen-bond acceptors (Lipinski definition) is 4. The van der Waals surface area contributed by atoms with Crippen LogP contribution >= 0.6 is 0 Å². The number of amides is 2. The lowest BCUT2D eigenvalue weighted by Crippen LogP contribution is -2.39. The number of likely N-dealkylation sites (tertiary alicyclic amines) is 1. The van der Waals surface area contributed by atoms with Crippen molar-refractivity contribution in [1.29, 1.82) is 0 Å². The highest BCUT2D eigenvalue weighted by molar-refractivity contribution is 5.94. The molecular weight excluding hydrogens is 409 g/mol. The van der Waals surface area contributed by atoms with Gasteiger partial charge in [0.1, 0.15) is 5.82 Å². The molecule has 170 valence electrons. The number of nitrogens with one attached hydrogen (secondary N) is 1. The number of benzene rings is 2. The van der Waals surface area contributed by atoms with Crippen molar-refractivity contribution in [3.05, 3.63) is 59.9 Å². The molecule has 0 unspecified atom stereocenters. The van der Waals surface area contributed by atoms with Gasteiger partial charge in [-0.3, -0.25) is 9.59 Å². The zero-order valence-corrected chi connectivity index (χ0v) is 18.3. The maximum atomic E-state index is 13.9. The smallest absolute Gasteiger partial charge is 0.256 e. The number of halogens is 1. The molecule has 7 heteroatoms. The Morgan fingerprint density at radius 3 is 2.34 bits per heavy atom. The van der Waals surface area contributed by atoms with E-state index in [9.17, 15) is 14.0 Å². The highest BCUT2D eigenvalue weighted by Gasteiger charge is 2.25. The zero-order chi connectivity index (χ0) is 22.3. The van der Waals surface area contributed by atoms with Crippen LogP contribution in [0.3, 0.4) is 0 Å². The molecular formula is C25H30FN3O3. The Labute approximate surface area is 188 Å². The number of carbonyl (C=O) groups excluding carboxylic acids is 2. The van der Waals surface area contributed by atoms with E-state index in [1.54, 1.807) is 17.0 Å². The van der Waals surface area contributed by atoms with Crippen LogP contribution in [0, 0.1) is 11.7 Å². The van der Waals surface area contributed by atoms with Crippen LogP contribution in [0.1, 0.15) is 36.0 Å². The van der Waals surface area contributed by atoms with E-state index in [4.69, 9.17) is 4.74 Å². The van der Waals surface area contributed by atoms with Gasteiger partial charge < -0.3 is 19.9 Å². The lowest BCUT2D eigenvalue weighted by atomic mass is 9.91. The first-order valence-electron chi connectivity index (χ1n) is 11.4. The number of morpholine rings is 1. The summed E-state index contributed by atoms with van der Waals surface area (Å²) < 4.78 is 19.3. The fourth-order valence-corrected chi connectivity index (χ4v) is 4.37. The van der Waals surface area contributed by atoms with Crippen LogP contribution in [0.4, 0.5) is 15.8 Å². The number of carbonyl (C=O) groups is 2. The van der Waals surface area contributed by atoms with Gasteiger partial charge in [-0.25, -0.2) is 4.39 Å². The van der Waals surface area contributed by atoms with Crippen molar-refractivity contribution < 1.29 is 18.7 Å². The number of hydrogen-bond donors (Lipinski definition) is 1. The van der Waals surface area contributed by atoms with Gasteiger partial charge in [0.2, 0.25) is 5.91 Å². The van der Waals surface area contributed by atoms with Gasteiger partial charge in [0.05, 0.1) is 18.8 Å². The Bertz CT molecular complexity index is 920. The predicted octanol–water partition coefficient (Wildman–Crippen LogP) is 3.93. The summed E-state index contributed by atoms with van der Waals surface area (Å²) in [6.07, 6.45) is 2.92. The first-order valence-corrected chi connectivity index (χ1v) is 11.4. The molecule has 32 heavy (non-hydrogen) atoms. The van der Waals surface area contributed by atoms with Crippen LogP contribution in [-0.4, -0.2) is 56.1 Å². The monoisotopic (exact) mass is 439 g/mol. The van der Waals surface area contributed by atoms with Gasteiger partial charge in [0.15, 0.2) is 0 Å². The summed E-state index contributed by atoms with van der Waals surface area (Å²) >= 11 is 0. The Hall–Kier alpha value is -2.93. The normalized spacial score (nSPS) is 17.3. The van der Waals surface area contributed by atoms with Crippen LogP contribution in [0.25, 0.3) is 0 Å². The molecule has 2 aliphatic heterocycles. The molecule has 2 aromatic carbocycles. The van der Waals surface area contributed by atoms with Gasteiger partial charge in [-0.1, -0.05) is 12.1 Å². The van der Waals surface area contributed by atoms with E-state index in [0.717, 1.165) is 56.9 Å². The van der Waals surface area contributed by atoms with E-state index in [1.165, 1.54) is 12.1 Å². The Morgan fingerprint density at radius 1 is 0.969 bits per heavy atom. The van der Waals surface area contributed by atoms with Crippen LogP contribution in [-0.2, 0) is 9.53 Å². The number of anilines is 2. The van der Waals surface area contributed by atoms with E-state index in [2.05, 4.69) is 10.2 Å². The molecule has 2 heterocycles. The SMILES string of the molecule is O=C(CCC1CCN(C(=O)c2ccccc2F)CC1)Nc1ccc(N2CCOCC2)cc1. The summed E-state index contributed by atoms with van der Waals surface area (Å²) in [4.78, 5) is 28.9. The fourth-order valence-electron chi connectivity index (χ4n) is 4.37. The van der Waals surface area contributed by atoms with E-state index in [-0.39, 0.29) is 17.4 Å². The zero-order valence-electron chi connectivity index (χ0n) is 18.3. The van der Waals surface area contributed by atoms with E-state index < -0.39 is 5.82 Å². The van der Waals surface area contributed by atoms with Gasteiger partial charge in [-0.05, 0) is 61.6 Å². The van der Waals surface area contributed by atoms with Gasteiger partial charge >= 0.3 is 0 Å². The molecule has 0 radical (unpaired) electrons. The summed E-state index contributed by atoms with van der Waals surface area (Å²) in [5.74, 6) is -0.322. The Kier molecular flexibility index (Phi) is 7.37. The average molecular weight is 440 g/mol. The first kappa shape index (κ1) is 22.3. The second-order valence-corrected chi connectivity index (χ2v) is 8.45. The standard InChI is InChI=1S/C25H30FN3O3/c26-23-4-2-1-3-22(23)25(31)29-13-11-19(12-14-29)5-10-24(30)27-20-6-8-21(9-7-20)28-15-17-32-18-16-28/h1-4,6-9,19H,5,10-18H2,(H,27,30). The van der Waals surface area contributed by atoms with Crippen LogP contribution in [0.5, 0.6) is 0 Å². The minimum Gasteiger partial charge on any atom is -0.378 e. The highest BCUT2D eigenvalue weighted by Crippen LogP contribution is 2.24. The molecule has 0 aliphatic carbocycles. The molecule has 2 fully saturated rings. The minimum absolute atomic E-state index is 0.00832. The van der Waals surface area contributed by atoms with Crippen molar-refractivity contribution in [1.82, 2.24) is 4.90 Å². The molecule has 0 saturated carbocycles. The molecule has 0 spiro atoms. The second-order valence-electron chi connectivity index (χ2n) is 8.45. The third-order valence-electron chi connectivity index (χ3n) is 6.31. The molecule has 0 bridgehead atoms. The molecule has 0 aromatic heterocycles. The van der Waals surface area contributed by atoms with Crippen LogP contribution < -0.4 is 10.2 Å². The number of nitrogens with zero attached hydrogens (tertiary/aromatic N) is 2.